The number of nitrogens with one attached hydrogen (secondary N) is 1. The fourth-order valence-corrected chi connectivity index (χ4v) is 2.41. The summed E-state index contributed by atoms with van der Waals surface area (Å²) in [6.45, 7) is 5.28. The molecule has 1 aromatic rings. The highest BCUT2D eigenvalue weighted by molar-refractivity contribution is 5.87. The monoisotopic (exact) mass is 278 g/mol. The standard InChI is InChI=1S/C14H19N3O3/c1-10-9-16(3)11(2)8-12(10)15-20-14-7-5-4-6-13(14)17(18)19/h4-7,10-11H,8-9H2,1-3H3/p+1/b15-12+/t10-,11+/m1/s1. The summed E-state index contributed by atoms with van der Waals surface area (Å²) in [4.78, 5) is 17.3. The van der Waals surface area contributed by atoms with Crippen molar-refractivity contribution in [2.24, 2.45) is 11.1 Å². The summed E-state index contributed by atoms with van der Waals surface area (Å²) in [6, 6.07) is 6.78. The summed E-state index contributed by atoms with van der Waals surface area (Å²) < 4.78 is 0. The molecule has 1 saturated heterocycles. The Morgan fingerprint density at radius 2 is 2.10 bits per heavy atom. The van der Waals surface area contributed by atoms with Gasteiger partial charge in [-0.3, -0.25) is 10.1 Å². The van der Waals surface area contributed by atoms with Gasteiger partial charge in [0.25, 0.3) is 0 Å². The van der Waals surface area contributed by atoms with Crippen molar-refractivity contribution in [1.29, 1.82) is 0 Å². The normalized spacial score (nSPS) is 28.4. The third kappa shape index (κ3) is 3.14. The number of benzene rings is 1. The zero-order valence-corrected chi connectivity index (χ0v) is 12.0. The highest BCUT2D eigenvalue weighted by Crippen LogP contribution is 2.26. The quantitative estimate of drug-likeness (QED) is 0.668. The molecule has 0 aliphatic carbocycles. The van der Waals surface area contributed by atoms with Crippen LogP contribution in [0.3, 0.4) is 0 Å². The number of hydrogen-bond acceptors (Lipinski definition) is 4. The lowest BCUT2D eigenvalue weighted by Gasteiger charge is -2.31. The Morgan fingerprint density at radius 3 is 2.80 bits per heavy atom. The first-order valence-corrected chi connectivity index (χ1v) is 6.78. The van der Waals surface area contributed by atoms with Crippen LogP contribution in [0.4, 0.5) is 5.69 Å². The van der Waals surface area contributed by atoms with Crippen LogP contribution in [0.5, 0.6) is 5.75 Å². The van der Waals surface area contributed by atoms with Crippen LogP contribution in [0.25, 0.3) is 0 Å². The van der Waals surface area contributed by atoms with Gasteiger partial charge in [-0.05, 0) is 13.0 Å². The van der Waals surface area contributed by atoms with Crippen LogP contribution in [0.2, 0.25) is 0 Å². The van der Waals surface area contributed by atoms with Crippen LogP contribution >= 0.6 is 0 Å². The first-order valence-electron chi connectivity index (χ1n) is 6.78. The van der Waals surface area contributed by atoms with E-state index in [9.17, 15) is 10.1 Å². The Bertz CT molecular complexity index is 530. The average molecular weight is 278 g/mol. The average Bonchev–Trinajstić information content (AvgIpc) is 2.41. The second kappa shape index (κ2) is 6.00. The van der Waals surface area contributed by atoms with Crippen LogP contribution in [-0.2, 0) is 0 Å². The molecule has 1 aliphatic heterocycles. The highest BCUT2D eigenvalue weighted by atomic mass is 16.6. The fraction of sp³-hybridized carbons (Fsp3) is 0.500. The van der Waals surface area contributed by atoms with Gasteiger partial charge in [-0.25, -0.2) is 0 Å². The van der Waals surface area contributed by atoms with Gasteiger partial charge in [0.05, 0.1) is 30.3 Å². The number of nitro benzene ring substituents is 1. The van der Waals surface area contributed by atoms with E-state index < -0.39 is 4.92 Å². The number of oxime groups is 1. The molecule has 0 spiro atoms. The predicted octanol–water partition coefficient (Wildman–Crippen LogP) is 1.27. The van der Waals surface area contributed by atoms with Crippen LogP contribution in [0.15, 0.2) is 29.4 Å². The molecule has 0 bridgehead atoms. The van der Waals surface area contributed by atoms with Crippen molar-refractivity contribution in [2.45, 2.75) is 26.3 Å². The molecule has 108 valence electrons. The lowest BCUT2D eigenvalue weighted by atomic mass is 9.93. The molecule has 1 heterocycles. The number of likely N-dealkylation sites (tertiary alicyclic amines) is 1. The summed E-state index contributed by atoms with van der Waals surface area (Å²) >= 11 is 0. The zero-order chi connectivity index (χ0) is 14.7. The van der Waals surface area contributed by atoms with E-state index in [-0.39, 0.29) is 11.4 Å². The first kappa shape index (κ1) is 14.5. The number of nitro groups is 1. The second-order valence-electron chi connectivity index (χ2n) is 5.46. The largest absolute Gasteiger partial charge is 0.350 e. The molecule has 0 radical (unpaired) electrons. The Morgan fingerprint density at radius 1 is 1.40 bits per heavy atom. The third-order valence-electron chi connectivity index (χ3n) is 3.88. The fourth-order valence-electron chi connectivity index (χ4n) is 2.41. The lowest BCUT2D eigenvalue weighted by molar-refractivity contribution is -0.908. The van der Waals surface area contributed by atoms with E-state index in [1.165, 1.54) is 11.0 Å². The number of quaternary nitrogens is 1. The van der Waals surface area contributed by atoms with Gasteiger partial charge in [-0.2, -0.15) is 0 Å². The van der Waals surface area contributed by atoms with Gasteiger partial charge < -0.3 is 9.74 Å². The van der Waals surface area contributed by atoms with Gasteiger partial charge in [0.1, 0.15) is 0 Å². The smallest absolute Gasteiger partial charge is 0.314 e. The Kier molecular flexibility index (Phi) is 4.34. The molecule has 1 unspecified atom stereocenters. The van der Waals surface area contributed by atoms with Gasteiger partial charge >= 0.3 is 5.69 Å². The topological polar surface area (TPSA) is 69.2 Å². The molecule has 2 rings (SSSR count). The molecule has 1 N–H and O–H groups in total. The van der Waals surface area contributed by atoms with Crippen molar-refractivity contribution in [3.63, 3.8) is 0 Å². The van der Waals surface area contributed by atoms with E-state index in [1.807, 2.05) is 0 Å². The van der Waals surface area contributed by atoms with Crippen molar-refractivity contribution in [3.05, 3.63) is 34.4 Å². The van der Waals surface area contributed by atoms with Gasteiger partial charge in [-0.15, -0.1) is 0 Å². The van der Waals surface area contributed by atoms with Gasteiger partial charge in [0.15, 0.2) is 0 Å². The minimum Gasteiger partial charge on any atom is -0.350 e. The van der Waals surface area contributed by atoms with Crippen molar-refractivity contribution < 1.29 is 14.7 Å². The molecular formula is C14H20N3O3+. The van der Waals surface area contributed by atoms with Crippen LogP contribution in [-0.4, -0.2) is 30.3 Å². The van der Waals surface area contributed by atoms with Crippen LogP contribution in [0.1, 0.15) is 20.3 Å². The molecule has 1 fully saturated rings. The number of nitrogens with zero attached hydrogens (tertiary/aromatic N) is 2. The summed E-state index contributed by atoms with van der Waals surface area (Å²) in [6.07, 6.45) is 0.855. The maximum Gasteiger partial charge on any atom is 0.314 e. The van der Waals surface area contributed by atoms with E-state index in [2.05, 4.69) is 26.1 Å². The maximum absolute atomic E-state index is 10.9. The molecule has 0 amide bonds. The Labute approximate surface area is 118 Å². The molecule has 6 heteroatoms. The van der Waals surface area contributed by atoms with Crippen LogP contribution < -0.4 is 9.74 Å². The van der Waals surface area contributed by atoms with E-state index in [4.69, 9.17) is 4.84 Å². The molecule has 6 nitrogen and oxygen atoms in total. The lowest BCUT2D eigenvalue weighted by Crippen LogP contribution is -3.14. The molecule has 3 atom stereocenters. The number of rotatable bonds is 3. The molecule has 0 saturated carbocycles. The summed E-state index contributed by atoms with van der Waals surface area (Å²) in [5.41, 5.74) is 0.914. The number of para-hydroxylation sites is 2. The number of piperidine rings is 1. The van der Waals surface area contributed by atoms with Crippen molar-refractivity contribution in [2.75, 3.05) is 13.6 Å². The first-order chi connectivity index (χ1) is 9.49. The van der Waals surface area contributed by atoms with Gasteiger partial charge in [0, 0.05) is 18.4 Å². The third-order valence-corrected chi connectivity index (χ3v) is 3.88. The summed E-state index contributed by atoms with van der Waals surface area (Å²) in [5.74, 6) is 0.519. The second-order valence-corrected chi connectivity index (χ2v) is 5.46. The van der Waals surface area contributed by atoms with E-state index >= 15 is 0 Å². The highest BCUT2D eigenvalue weighted by Gasteiger charge is 2.29. The molecule has 0 aromatic heterocycles. The summed E-state index contributed by atoms with van der Waals surface area (Å²) in [5, 5.41) is 15.1. The Hall–Kier alpha value is -1.95. The minimum absolute atomic E-state index is 0.0592. The minimum atomic E-state index is -0.458. The van der Waals surface area contributed by atoms with E-state index in [0.717, 1.165) is 18.7 Å². The van der Waals surface area contributed by atoms with Crippen molar-refractivity contribution >= 4 is 11.4 Å². The van der Waals surface area contributed by atoms with E-state index in [0.29, 0.717) is 12.0 Å². The van der Waals surface area contributed by atoms with Crippen molar-refractivity contribution in [3.8, 4) is 5.75 Å². The molecule has 1 aliphatic rings. The van der Waals surface area contributed by atoms with Crippen molar-refractivity contribution in [1.82, 2.24) is 0 Å². The van der Waals surface area contributed by atoms with E-state index in [1.54, 1.807) is 18.2 Å². The Balaban J connectivity index is 2.15. The maximum atomic E-state index is 10.9. The SMILES string of the molecule is C[C@@H]1C[NH+](C)[C@@H](C)C/C1=N\Oc1ccccc1[N+](=O)[O-]. The zero-order valence-electron chi connectivity index (χ0n) is 12.0. The van der Waals surface area contributed by atoms with Gasteiger partial charge in [0.2, 0.25) is 5.75 Å². The van der Waals surface area contributed by atoms with Gasteiger partial charge in [-0.1, -0.05) is 24.2 Å². The number of hydrogen-bond donors (Lipinski definition) is 1. The predicted molar refractivity (Wildman–Crippen MR) is 76.2 cm³/mol. The molecule has 20 heavy (non-hydrogen) atoms. The molecule has 1 aromatic carbocycles. The van der Waals surface area contributed by atoms with Crippen LogP contribution in [0, 0.1) is 16.0 Å². The molecular weight excluding hydrogens is 258 g/mol. The summed E-state index contributed by atoms with van der Waals surface area (Å²) in [7, 11) is 2.17.